The molecule has 0 radical (unpaired) electrons. The predicted molar refractivity (Wildman–Crippen MR) is 359 cm³/mol. The van der Waals surface area contributed by atoms with Gasteiger partial charge in [0.05, 0.1) is 10.8 Å². The summed E-state index contributed by atoms with van der Waals surface area (Å²) in [6.07, 6.45) is -3.14. The summed E-state index contributed by atoms with van der Waals surface area (Å²) in [5, 5.41) is 7.18. The smallest absolute Gasteiger partial charge is 0.428 e. The van der Waals surface area contributed by atoms with Gasteiger partial charge in [0.1, 0.15) is 45.4 Å². The van der Waals surface area contributed by atoms with E-state index in [0.29, 0.717) is 23.0 Å². The number of rotatable bonds is 8. The van der Waals surface area contributed by atoms with Gasteiger partial charge in [-0.3, -0.25) is 0 Å². The van der Waals surface area contributed by atoms with Crippen LogP contribution in [0.15, 0.2) is 206 Å². The molecule has 0 atom stereocenters. The van der Waals surface area contributed by atoms with Crippen molar-refractivity contribution in [1.82, 2.24) is 0 Å². The number of hydrogen-bond donors (Lipinski definition) is 0. The van der Waals surface area contributed by atoms with E-state index < -0.39 is 57.9 Å². The quantitative estimate of drug-likeness (QED) is 0.0812. The Bertz CT molecular complexity index is 4320. The maximum atomic E-state index is 12.9. The molecular formula is C80H70O12. The van der Waals surface area contributed by atoms with Crippen LogP contribution >= 0.6 is 0 Å². The monoisotopic (exact) mass is 1220 g/mol. The van der Waals surface area contributed by atoms with E-state index in [2.05, 4.69) is 133 Å². The number of fused-ring (bicyclic) bond motifs is 10. The SMILES string of the molecule is CC(C)(C)OC(=O)Oc1ccc2cc(C3(c4ccc5cc(OC(=O)OC(C)(C)C)ccc5c4)c4ccccc4-c4cc5c(cc43)-c3ccccc3C5(c3ccc4cc(OC(=O)OC(C)(C)C)ccc4c3)c3ccc4cc(OC(=O)OC(C)(C)C)ccc4c3)ccc2c1. The Morgan fingerprint density at radius 2 is 0.478 bits per heavy atom. The second-order valence-corrected chi connectivity index (χ2v) is 27.7. The van der Waals surface area contributed by atoms with Gasteiger partial charge in [-0.15, -0.1) is 0 Å². The minimum Gasteiger partial charge on any atom is -0.428 e. The summed E-state index contributed by atoms with van der Waals surface area (Å²) >= 11 is 0. The molecule has 2 aliphatic carbocycles. The number of ether oxygens (including phenoxy) is 8. The van der Waals surface area contributed by atoms with Crippen molar-refractivity contribution in [2.75, 3.05) is 0 Å². The van der Waals surface area contributed by atoms with Gasteiger partial charge < -0.3 is 37.9 Å². The molecule has 0 heterocycles. The number of benzene rings is 11. The van der Waals surface area contributed by atoms with E-state index >= 15 is 0 Å². The minimum absolute atomic E-state index is 0.361. The highest BCUT2D eigenvalue weighted by Crippen LogP contribution is 2.63. The highest BCUT2D eigenvalue weighted by Gasteiger charge is 2.52. The third-order valence-corrected chi connectivity index (χ3v) is 16.5. The van der Waals surface area contributed by atoms with Gasteiger partial charge in [0.25, 0.3) is 0 Å². The molecule has 11 aromatic carbocycles. The first kappa shape index (κ1) is 60.5. The van der Waals surface area contributed by atoms with Gasteiger partial charge in [0.15, 0.2) is 0 Å². The summed E-state index contributed by atoms with van der Waals surface area (Å²) in [4.78, 5) is 51.7. The zero-order valence-corrected chi connectivity index (χ0v) is 53.5. The molecule has 0 amide bonds. The van der Waals surface area contributed by atoms with E-state index in [-0.39, 0.29) is 0 Å². The molecule has 12 nitrogen and oxygen atoms in total. The molecule has 0 spiro atoms. The summed E-state index contributed by atoms with van der Waals surface area (Å²) in [7, 11) is 0. The van der Waals surface area contributed by atoms with Gasteiger partial charge in [0.2, 0.25) is 0 Å². The molecule has 0 N–H and O–H groups in total. The topological polar surface area (TPSA) is 142 Å². The van der Waals surface area contributed by atoms with Crippen molar-refractivity contribution in [2.24, 2.45) is 0 Å². The summed E-state index contributed by atoms with van der Waals surface area (Å²) < 4.78 is 45.0. The molecule has 0 aromatic heterocycles. The number of hydrogen-bond acceptors (Lipinski definition) is 12. The molecule has 0 bridgehead atoms. The zero-order chi connectivity index (χ0) is 64.9. The normalized spacial score (nSPS) is 13.8. The van der Waals surface area contributed by atoms with Crippen LogP contribution in [0.1, 0.15) is 128 Å². The molecule has 0 aliphatic heterocycles. The van der Waals surface area contributed by atoms with E-state index in [1.807, 2.05) is 48.5 Å². The van der Waals surface area contributed by atoms with E-state index in [4.69, 9.17) is 37.9 Å². The fraction of sp³-hybridized carbons (Fsp3) is 0.225. The number of carbonyl (C=O) groups is 4. The van der Waals surface area contributed by atoms with Gasteiger partial charge in [-0.1, -0.05) is 121 Å². The Morgan fingerprint density at radius 1 is 0.250 bits per heavy atom. The zero-order valence-electron chi connectivity index (χ0n) is 53.5. The molecule has 462 valence electrons. The van der Waals surface area contributed by atoms with Crippen molar-refractivity contribution < 1.29 is 57.1 Å². The summed E-state index contributed by atoms with van der Waals surface area (Å²) in [6, 6.07) is 70.7. The van der Waals surface area contributed by atoms with Crippen LogP contribution in [0.4, 0.5) is 19.2 Å². The summed E-state index contributed by atoms with van der Waals surface area (Å²) in [6.45, 7) is 21.6. The van der Waals surface area contributed by atoms with E-state index in [9.17, 15) is 19.2 Å². The van der Waals surface area contributed by atoms with Crippen molar-refractivity contribution in [3.8, 4) is 45.3 Å². The molecule has 12 heteroatoms. The van der Waals surface area contributed by atoms with Crippen LogP contribution in [0.3, 0.4) is 0 Å². The Morgan fingerprint density at radius 3 is 0.728 bits per heavy atom. The molecule has 11 aromatic rings. The van der Waals surface area contributed by atoms with Gasteiger partial charge in [-0.05, 0) is 278 Å². The lowest BCUT2D eigenvalue weighted by Crippen LogP contribution is -2.30. The molecule has 0 saturated heterocycles. The fourth-order valence-corrected chi connectivity index (χ4v) is 13.2. The van der Waals surface area contributed by atoms with Crippen LogP contribution in [-0.2, 0) is 29.8 Å². The van der Waals surface area contributed by atoms with Crippen molar-refractivity contribution in [3.05, 3.63) is 251 Å². The first-order chi connectivity index (χ1) is 43.6. The van der Waals surface area contributed by atoms with Crippen LogP contribution in [0.25, 0.3) is 65.3 Å². The summed E-state index contributed by atoms with van der Waals surface area (Å²) in [5.74, 6) is 1.44. The highest BCUT2D eigenvalue weighted by molar-refractivity contribution is 5.99. The largest absolute Gasteiger partial charge is 0.514 e. The molecule has 92 heavy (non-hydrogen) atoms. The molecule has 0 saturated carbocycles. The van der Waals surface area contributed by atoms with Crippen LogP contribution < -0.4 is 18.9 Å². The third-order valence-electron chi connectivity index (χ3n) is 16.5. The second-order valence-electron chi connectivity index (χ2n) is 27.7. The van der Waals surface area contributed by atoms with E-state index in [1.165, 1.54) is 0 Å². The number of carbonyl (C=O) groups excluding carboxylic acids is 4. The minimum atomic E-state index is -0.940. The van der Waals surface area contributed by atoms with Crippen molar-refractivity contribution in [3.63, 3.8) is 0 Å². The molecule has 13 rings (SSSR count). The Kier molecular flexibility index (Phi) is 14.6. The van der Waals surface area contributed by atoms with Gasteiger partial charge >= 0.3 is 24.6 Å². The Hall–Kier alpha value is -10.5. The average molecular weight is 1220 g/mol. The van der Waals surface area contributed by atoms with Gasteiger partial charge in [-0.2, -0.15) is 0 Å². The van der Waals surface area contributed by atoms with Crippen LogP contribution in [0, 0.1) is 0 Å². The lowest BCUT2D eigenvalue weighted by molar-refractivity contribution is 0.0193. The Balaban J connectivity index is 1.04. The van der Waals surface area contributed by atoms with Crippen LogP contribution in [-0.4, -0.2) is 47.0 Å². The molecular weight excluding hydrogens is 1150 g/mol. The molecule has 0 unspecified atom stereocenters. The van der Waals surface area contributed by atoms with E-state index in [1.54, 1.807) is 107 Å². The maximum absolute atomic E-state index is 12.9. The standard InChI is InChI=1S/C80H70O12/c1-75(2,3)89-71(81)85-59-33-25-47-37-55(29-21-51(47)41-59)79(56-30-22-52-42-60(34-26-48(52)38-56)86-72(82)90-76(4,5)6)67-19-15-13-17-63(67)65-46-70-66(45-69(65)79)64-18-14-16-20-68(64)80(70,57-31-23-53-43-61(35-27-49(53)39-57)87-73(83)91-77(7,8)9)58-32-24-54-44-62(36-28-50(54)40-58)88-74(84)92-78(10,11)12/h13-46H,1-12H3. The van der Waals surface area contributed by atoms with Gasteiger partial charge in [-0.25, -0.2) is 19.2 Å². The first-order valence-electron chi connectivity index (χ1n) is 30.8. The van der Waals surface area contributed by atoms with E-state index in [0.717, 1.165) is 110 Å². The van der Waals surface area contributed by atoms with Crippen LogP contribution in [0.2, 0.25) is 0 Å². The fourth-order valence-electron chi connectivity index (χ4n) is 13.2. The third kappa shape index (κ3) is 11.4. The lowest BCUT2D eigenvalue weighted by Gasteiger charge is -2.36. The summed E-state index contributed by atoms with van der Waals surface area (Å²) in [5.41, 5.74) is 7.74. The average Bonchev–Trinajstić information content (AvgIpc) is 1.50. The molecule has 0 fully saturated rings. The van der Waals surface area contributed by atoms with Crippen molar-refractivity contribution >= 4 is 67.7 Å². The second kappa shape index (κ2) is 22.2. The van der Waals surface area contributed by atoms with Crippen LogP contribution in [0.5, 0.6) is 23.0 Å². The molecule has 2 aliphatic rings. The maximum Gasteiger partial charge on any atom is 0.514 e. The van der Waals surface area contributed by atoms with Crippen molar-refractivity contribution in [1.29, 1.82) is 0 Å². The highest BCUT2D eigenvalue weighted by atomic mass is 16.7. The predicted octanol–water partition coefficient (Wildman–Crippen LogP) is 20.3. The Labute approximate surface area is 534 Å². The first-order valence-corrected chi connectivity index (χ1v) is 30.8. The van der Waals surface area contributed by atoms with Crippen molar-refractivity contribution in [2.45, 2.75) is 116 Å². The van der Waals surface area contributed by atoms with Gasteiger partial charge in [0, 0.05) is 0 Å². The lowest BCUT2D eigenvalue weighted by atomic mass is 9.65.